The van der Waals surface area contributed by atoms with Gasteiger partial charge in [0.15, 0.2) is 0 Å². The third kappa shape index (κ3) is 3.55. The van der Waals surface area contributed by atoms with Gasteiger partial charge in [-0.15, -0.1) is 0 Å². The first kappa shape index (κ1) is 17.9. The van der Waals surface area contributed by atoms with Gasteiger partial charge in [0.1, 0.15) is 17.0 Å². The molecule has 0 aliphatic carbocycles. The normalized spacial score (nSPS) is 15.0. The molecule has 7 nitrogen and oxygen atoms in total. The molecule has 0 amide bonds. The second-order valence-corrected chi connectivity index (χ2v) is 8.30. The van der Waals surface area contributed by atoms with Gasteiger partial charge in [0, 0.05) is 5.56 Å². The van der Waals surface area contributed by atoms with E-state index in [1.807, 2.05) is 20.8 Å². The molecule has 0 radical (unpaired) electrons. The van der Waals surface area contributed by atoms with E-state index in [9.17, 15) is 18.5 Å². The van der Waals surface area contributed by atoms with Crippen molar-refractivity contribution in [3.05, 3.63) is 63.7 Å². The number of rotatable bonds is 4. The van der Waals surface area contributed by atoms with Crippen LogP contribution >= 0.6 is 0 Å². The molecule has 3 rings (SSSR count). The lowest BCUT2D eigenvalue weighted by molar-refractivity contribution is -0.384. The van der Waals surface area contributed by atoms with E-state index in [1.54, 1.807) is 24.3 Å². The molecule has 0 saturated carbocycles. The molecule has 0 saturated heterocycles. The molecule has 2 aromatic carbocycles. The fraction of sp³-hybridized carbons (Fsp3) is 0.222. The van der Waals surface area contributed by atoms with Gasteiger partial charge in [0.2, 0.25) is 0 Å². The van der Waals surface area contributed by atoms with Crippen LogP contribution in [-0.2, 0) is 10.0 Å². The molecule has 0 unspecified atom stereocenters. The van der Waals surface area contributed by atoms with Crippen LogP contribution in [0, 0.1) is 17.0 Å². The Morgan fingerprint density at radius 2 is 1.81 bits per heavy atom. The highest BCUT2D eigenvalue weighted by molar-refractivity contribution is 7.92. The number of nitrogens with zero attached hydrogens (tertiary/aromatic N) is 1. The molecule has 136 valence electrons. The van der Waals surface area contributed by atoms with Crippen LogP contribution in [-0.4, -0.2) is 18.9 Å². The van der Waals surface area contributed by atoms with Crippen LogP contribution in [0.4, 0.5) is 11.4 Å². The zero-order chi connectivity index (χ0) is 19.1. The van der Waals surface area contributed by atoms with Gasteiger partial charge in [-0.25, -0.2) is 8.42 Å². The Morgan fingerprint density at radius 1 is 1.15 bits per heavy atom. The second-order valence-electron chi connectivity index (χ2n) is 6.62. The van der Waals surface area contributed by atoms with Crippen molar-refractivity contribution < 1.29 is 18.1 Å². The van der Waals surface area contributed by atoms with Gasteiger partial charge < -0.3 is 4.74 Å². The summed E-state index contributed by atoms with van der Waals surface area (Å²) in [5, 5.41) is 11.4. The Kier molecular flexibility index (Phi) is 4.23. The first-order chi connectivity index (χ1) is 12.1. The Morgan fingerprint density at radius 3 is 2.42 bits per heavy atom. The fourth-order valence-corrected chi connectivity index (χ4v) is 3.63. The van der Waals surface area contributed by atoms with Crippen LogP contribution in [0.3, 0.4) is 0 Å². The van der Waals surface area contributed by atoms with Gasteiger partial charge in [-0.3, -0.25) is 14.8 Å². The molecule has 1 N–H and O–H groups in total. The lowest BCUT2D eigenvalue weighted by atomic mass is 10.0. The van der Waals surface area contributed by atoms with Crippen molar-refractivity contribution in [2.75, 3.05) is 4.72 Å². The highest BCUT2D eigenvalue weighted by Crippen LogP contribution is 2.39. The number of hydrogen-bond donors (Lipinski definition) is 1. The van der Waals surface area contributed by atoms with E-state index < -0.39 is 20.5 Å². The van der Waals surface area contributed by atoms with Crippen molar-refractivity contribution >= 4 is 27.5 Å². The highest BCUT2D eigenvalue weighted by atomic mass is 32.2. The quantitative estimate of drug-likeness (QED) is 0.647. The van der Waals surface area contributed by atoms with Crippen LogP contribution in [0.2, 0.25) is 0 Å². The van der Waals surface area contributed by atoms with E-state index >= 15 is 0 Å². The highest BCUT2D eigenvalue weighted by Gasteiger charge is 2.28. The Hall–Kier alpha value is -2.87. The van der Waals surface area contributed by atoms with Gasteiger partial charge in [-0.2, -0.15) is 0 Å². The number of aryl methyl sites for hydroxylation is 1. The van der Waals surface area contributed by atoms with Crippen LogP contribution < -0.4 is 9.46 Å². The minimum absolute atomic E-state index is 0.0306. The number of nitro groups is 1. The van der Waals surface area contributed by atoms with Crippen molar-refractivity contribution in [1.82, 2.24) is 0 Å². The molecular weight excluding hydrogens is 356 g/mol. The number of benzene rings is 2. The molecule has 8 heteroatoms. The van der Waals surface area contributed by atoms with E-state index in [2.05, 4.69) is 4.72 Å². The van der Waals surface area contributed by atoms with E-state index in [-0.39, 0.29) is 16.3 Å². The van der Waals surface area contributed by atoms with Crippen molar-refractivity contribution in [3.8, 4) is 5.75 Å². The molecule has 1 aliphatic rings. The van der Waals surface area contributed by atoms with E-state index in [0.29, 0.717) is 11.3 Å². The van der Waals surface area contributed by atoms with Crippen molar-refractivity contribution in [2.45, 2.75) is 31.3 Å². The molecule has 2 aromatic rings. The van der Waals surface area contributed by atoms with Crippen molar-refractivity contribution in [2.24, 2.45) is 0 Å². The lowest BCUT2D eigenvalue weighted by Gasteiger charge is -2.28. The zero-order valence-corrected chi connectivity index (χ0v) is 15.3. The molecule has 1 heterocycles. The Labute approximate surface area is 151 Å². The summed E-state index contributed by atoms with van der Waals surface area (Å²) in [5.74, 6) is 0.336. The topological polar surface area (TPSA) is 98.5 Å². The van der Waals surface area contributed by atoms with Crippen LogP contribution in [0.25, 0.3) is 6.08 Å². The summed E-state index contributed by atoms with van der Waals surface area (Å²) in [6.07, 6.45) is 3.56. The summed E-state index contributed by atoms with van der Waals surface area (Å²) in [5.41, 5.74) is 0.405. The summed E-state index contributed by atoms with van der Waals surface area (Å²) < 4.78 is 33.2. The minimum Gasteiger partial charge on any atom is -0.483 e. The average molecular weight is 374 g/mol. The summed E-state index contributed by atoms with van der Waals surface area (Å²) in [6.45, 7) is 5.49. The second kappa shape index (κ2) is 6.14. The molecule has 0 bridgehead atoms. The maximum absolute atomic E-state index is 12.6. The third-order valence-corrected chi connectivity index (χ3v) is 5.32. The molecule has 0 fully saturated rings. The predicted octanol–water partition coefficient (Wildman–Crippen LogP) is 3.89. The number of fused-ring (bicyclic) bond motifs is 1. The SMILES string of the molecule is Cc1ccc(S(=O)(=O)Nc2cc3c(cc2[N+](=O)[O-])OC(C)(C)C=C3)cc1. The lowest BCUT2D eigenvalue weighted by Crippen LogP contribution is -2.27. The molecule has 0 spiro atoms. The maximum atomic E-state index is 12.6. The van der Waals surface area contributed by atoms with Crippen LogP contribution in [0.5, 0.6) is 5.75 Å². The maximum Gasteiger partial charge on any atom is 0.297 e. The smallest absolute Gasteiger partial charge is 0.297 e. The molecule has 1 aliphatic heterocycles. The number of nitrogens with one attached hydrogen (secondary N) is 1. The first-order valence-corrected chi connectivity index (χ1v) is 9.36. The van der Waals surface area contributed by atoms with Crippen molar-refractivity contribution in [1.29, 1.82) is 0 Å². The van der Waals surface area contributed by atoms with Gasteiger partial charge in [0.25, 0.3) is 15.7 Å². The largest absolute Gasteiger partial charge is 0.483 e. The molecular formula is C18H18N2O5S. The van der Waals surface area contributed by atoms with Crippen LogP contribution in [0.1, 0.15) is 25.0 Å². The van der Waals surface area contributed by atoms with E-state index in [1.165, 1.54) is 24.3 Å². The predicted molar refractivity (Wildman–Crippen MR) is 98.8 cm³/mol. The number of nitro benzene ring substituents is 1. The Bertz CT molecular complexity index is 1010. The summed E-state index contributed by atoms with van der Waals surface area (Å²) in [4.78, 5) is 10.8. The standard InChI is InChI=1S/C18H18N2O5S/c1-12-4-6-14(7-5-12)26(23,24)19-15-10-13-8-9-18(2,3)25-17(13)11-16(15)20(21)22/h4-11,19H,1-3H3. The fourth-order valence-electron chi connectivity index (χ4n) is 2.57. The van der Waals surface area contributed by atoms with Gasteiger partial charge in [0.05, 0.1) is 15.9 Å². The van der Waals surface area contributed by atoms with E-state index in [4.69, 9.17) is 4.74 Å². The summed E-state index contributed by atoms with van der Waals surface area (Å²) >= 11 is 0. The monoisotopic (exact) mass is 374 g/mol. The molecule has 0 atom stereocenters. The van der Waals surface area contributed by atoms with Gasteiger partial charge >= 0.3 is 0 Å². The Balaban J connectivity index is 2.05. The summed E-state index contributed by atoms with van der Waals surface area (Å²) in [6, 6.07) is 8.88. The van der Waals surface area contributed by atoms with Crippen LogP contribution in [0.15, 0.2) is 47.4 Å². The molecule has 26 heavy (non-hydrogen) atoms. The van der Waals surface area contributed by atoms with Gasteiger partial charge in [-0.1, -0.05) is 23.8 Å². The number of ether oxygens (including phenoxy) is 1. The minimum atomic E-state index is -3.95. The third-order valence-electron chi connectivity index (χ3n) is 3.94. The number of anilines is 1. The van der Waals surface area contributed by atoms with E-state index in [0.717, 1.165) is 5.56 Å². The molecule has 0 aromatic heterocycles. The first-order valence-electron chi connectivity index (χ1n) is 7.88. The average Bonchev–Trinajstić information content (AvgIpc) is 2.54. The van der Waals surface area contributed by atoms with Gasteiger partial charge in [-0.05, 0) is 45.0 Å². The number of hydrogen-bond acceptors (Lipinski definition) is 5. The number of sulfonamides is 1. The zero-order valence-electron chi connectivity index (χ0n) is 14.5. The summed E-state index contributed by atoms with van der Waals surface area (Å²) in [7, 11) is -3.95. The van der Waals surface area contributed by atoms with Crippen molar-refractivity contribution in [3.63, 3.8) is 0 Å².